The van der Waals surface area contributed by atoms with Crippen molar-refractivity contribution in [2.75, 3.05) is 19.7 Å². The molecule has 0 spiro atoms. The molecule has 3 nitrogen and oxygen atoms in total. The van der Waals surface area contributed by atoms with E-state index in [9.17, 15) is 0 Å². The molecule has 2 atom stereocenters. The Bertz CT molecular complexity index is 734. The molecule has 0 aliphatic carbocycles. The molecule has 2 aromatic rings. The van der Waals surface area contributed by atoms with Gasteiger partial charge in [-0.1, -0.05) is 12.1 Å². The largest absolute Gasteiger partial charge is 0.378 e. The van der Waals surface area contributed by atoms with E-state index in [2.05, 4.69) is 66.5 Å². The minimum absolute atomic E-state index is 0.00395. The van der Waals surface area contributed by atoms with Crippen molar-refractivity contribution < 1.29 is 4.74 Å². The van der Waals surface area contributed by atoms with Gasteiger partial charge in [-0.05, 0) is 82.5 Å². The molecule has 27 heavy (non-hydrogen) atoms. The molecule has 0 radical (unpaired) electrons. The van der Waals surface area contributed by atoms with Crippen LogP contribution in [0.1, 0.15) is 55.7 Å². The second kappa shape index (κ2) is 7.65. The molecule has 0 bridgehead atoms. The van der Waals surface area contributed by atoms with Gasteiger partial charge in [0, 0.05) is 40.9 Å². The molecule has 2 aliphatic heterocycles. The minimum Gasteiger partial charge on any atom is -0.378 e. The van der Waals surface area contributed by atoms with Gasteiger partial charge in [0.15, 0.2) is 0 Å². The number of nitrogens with zero attached hydrogens (tertiary/aromatic N) is 2. The first-order valence-corrected chi connectivity index (χ1v) is 11.2. The monoisotopic (exact) mass is 384 g/mol. The molecule has 2 aromatic heterocycles. The Labute approximate surface area is 167 Å². The Kier molecular flexibility index (Phi) is 5.41. The molecular formula is C23H32N2OS. The van der Waals surface area contributed by atoms with Crippen LogP contribution in [0.2, 0.25) is 0 Å². The maximum atomic E-state index is 6.26. The highest BCUT2D eigenvalue weighted by atomic mass is 32.1. The number of hydrogen-bond donors (Lipinski definition) is 0. The average Bonchev–Trinajstić information content (AvgIpc) is 3.41. The number of pyridine rings is 1. The van der Waals surface area contributed by atoms with E-state index in [1.54, 1.807) is 0 Å². The predicted octanol–water partition coefficient (Wildman–Crippen LogP) is 5.19. The van der Waals surface area contributed by atoms with E-state index >= 15 is 0 Å². The normalized spacial score (nSPS) is 26.7. The number of aryl methyl sites for hydroxylation is 2. The van der Waals surface area contributed by atoms with E-state index in [0.29, 0.717) is 6.10 Å². The van der Waals surface area contributed by atoms with Gasteiger partial charge in [-0.2, -0.15) is 0 Å². The Balaban J connectivity index is 1.54. The molecular weight excluding hydrogens is 352 g/mol. The van der Waals surface area contributed by atoms with E-state index in [0.717, 1.165) is 25.4 Å². The van der Waals surface area contributed by atoms with Gasteiger partial charge in [-0.3, -0.25) is 9.88 Å². The SMILES string of the molecule is Cc1ccc(C(C)(C)N2CC[C@@](CCc3cccs3)([C@H]3CCCO3)C2)cn1. The Morgan fingerprint density at radius 1 is 1.33 bits per heavy atom. The molecule has 0 aromatic carbocycles. The number of rotatable bonds is 6. The van der Waals surface area contributed by atoms with E-state index in [1.165, 1.54) is 42.5 Å². The summed E-state index contributed by atoms with van der Waals surface area (Å²) < 4.78 is 6.26. The van der Waals surface area contributed by atoms with Gasteiger partial charge in [0.1, 0.15) is 0 Å². The Morgan fingerprint density at radius 3 is 2.89 bits per heavy atom. The van der Waals surface area contributed by atoms with Crippen molar-refractivity contribution >= 4 is 11.3 Å². The van der Waals surface area contributed by atoms with Crippen molar-refractivity contribution in [1.29, 1.82) is 0 Å². The van der Waals surface area contributed by atoms with Gasteiger partial charge in [0.25, 0.3) is 0 Å². The molecule has 4 heterocycles. The summed E-state index contributed by atoms with van der Waals surface area (Å²) in [6.07, 6.45) is 8.59. The first-order chi connectivity index (χ1) is 13.0. The first-order valence-electron chi connectivity index (χ1n) is 10.3. The van der Waals surface area contributed by atoms with Crippen LogP contribution in [0.25, 0.3) is 0 Å². The van der Waals surface area contributed by atoms with Crippen LogP contribution in [0.15, 0.2) is 35.8 Å². The summed E-state index contributed by atoms with van der Waals surface area (Å²) in [5.41, 5.74) is 2.69. The molecule has 4 rings (SSSR count). The first kappa shape index (κ1) is 19.1. The van der Waals surface area contributed by atoms with E-state index in [1.807, 2.05) is 11.3 Å². The fraction of sp³-hybridized carbons (Fsp3) is 0.609. The lowest BCUT2D eigenvalue weighted by Crippen LogP contribution is -2.44. The highest BCUT2D eigenvalue weighted by Gasteiger charge is 2.49. The standard InChI is InChI=1S/C23H32N2OS/c1-18-8-9-19(16-24-18)22(2,3)25-13-12-23(17-25,21-7-4-14-26-21)11-10-20-6-5-15-27-20/h5-6,8-9,15-16,21H,4,7,10-14,17H2,1-3H3/t21-,23-/m1/s1. The van der Waals surface area contributed by atoms with Gasteiger partial charge in [-0.15, -0.1) is 11.3 Å². The third kappa shape index (κ3) is 3.85. The zero-order chi connectivity index (χ0) is 18.9. The zero-order valence-corrected chi connectivity index (χ0v) is 17.7. The smallest absolute Gasteiger partial charge is 0.0645 e. The summed E-state index contributed by atoms with van der Waals surface area (Å²) in [5.74, 6) is 0. The van der Waals surface area contributed by atoms with Crippen molar-refractivity contribution in [1.82, 2.24) is 9.88 Å². The van der Waals surface area contributed by atoms with Crippen LogP contribution in [0.4, 0.5) is 0 Å². The summed E-state index contributed by atoms with van der Waals surface area (Å²) in [6.45, 7) is 9.97. The summed E-state index contributed by atoms with van der Waals surface area (Å²) >= 11 is 1.89. The van der Waals surface area contributed by atoms with Gasteiger partial charge in [0.2, 0.25) is 0 Å². The summed E-state index contributed by atoms with van der Waals surface area (Å²) in [7, 11) is 0. The van der Waals surface area contributed by atoms with Crippen LogP contribution in [-0.2, 0) is 16.7 Å². The zero-order valence-electron chi connectivity index (χ0n) is 16.9. The molecule has 0 saturated carbocycles. The summed E-state index contributed by atoms with van der Waals surface area (Å²) in [4.78, 5) is 8.73. The number of thiophene rings is 1. The maximum absolute atomic E-state index is 6.26. The fourth-order valence-corrected chi connectivity index (χ4v) is 5.61. The average molecular weight is 385 g/mol. The highest BCUT2D eigenvalue weighted by molar-refractivity contribution is 7.09. The van der Waals surface area contributed by atoms with E-state index in [-0.39, 0.29) is 11.0 Å². The van der Waals surface area contributed by atoms with Crippen molar-refractivity contribution in [3.8, 4) is 0 Å². The molecule has 4 heteroatoms. The second-order valence-electron chi connectivity index (χ2n) is 8.86. The summed E-state index contributed by atoms with van der Waals surface area (Å²) in [5, 5.41) is 2.20. The van der Waals surface area contributed by atoms with E-state index < -0.39 is 0 Å². The predicted molar refractivity (Wildman–Crippen MR) is 112 cm³/mol. The molecule has 2 saturated heterocycles. The lowest BCUT2D eigenvalue weighted by Gasteiger charge is -2.40. The number of ether oxygens (including phenoxy) is 1. The van der Waals surface area contributed by atoms with Crippen molar-refractivity contribution in [3.05, 3.63) is 52.0 Å². The number of aromatic nitrogens is 1. The quantitative estimate of drug-likeness (QED) is 0.685. The third-order valence-corrected chi connectivity index (χ3v) is 7.79. The van der Waals surface area contributed by atoms with Crippen LogP contribution in [0, 0.1) is 12.3 Å². The lowest BCUT2D eigenvalue weighted by atomic mass is 9.75. The Hall–Kier alpha value is -1.23. The Morgan fingerprint density at radius 2 is 2.22 bits per heavy atom. The minimum atomic E-state index is 0.00395. The summed E-state index contributed by atoms with van der Waals surface area (Å²) in [6, 6.07) is 8.84. The van der Waals surface area contributed by atoms with Gasteiger partial charge < -0.3 is 4.74 Å². The van der Waals surface area contributed by atoms with Crippen molar-refractivity contribution in [3.63, 3.8) is 0 Å². The highest BCUT2D eigenvalue weighted by Crippen LogP contribution is 2.47. The number of hydrogen-bond acceptors (Lipinski definition) is 4. The molecule has 0 amide bonds. The third-order valence-electron chi connectivity index (χ3n) is 6.86. The topological polar surface area (TPSA) is 25.4 Å². The van der Waals surface area contributed by atoms with Crippen LogP contribution in [0.5, 0.6) is 0 Å². The van der Waals surface area contributed by atoms with Crippen LogP contribution in [-0.4, -0.2) is 35.7 Å². The second-order valence-corrected chi connectivity index (χ2v) is 9.89. The molecule has 0 unspecified atom stereocenters. The van der Waals surface area contributed by atoms with Crippen molar-refractivity contribution in [2.24, 2.45) is 5.41 Å². The molecule has 2 fully saturated rings. The maximum Gasteiger partial charge on any atom is 0.0645 e. The van der Waals surface area contributed by atoms with Gasteiger partial charge in [0.05, 0.1) is 6.10 Å². The molecule has 2 aliphatic rings. The van der Waals surface area contributed by atoms with Gasteiger partial charge >= 0.3 is 0 Å². The van der Waals surface area contributed by atoms with Crippen LogP contribution >= 0.6 is 11.3 Å². The molecule has 146 valence electrons. The fourth-order valence-electron chi connectivity index (χ4n) is 4.90. The number of likely N-dealkylation sites (tertiary alicyclic amines) is 1. The van der Waals surface area contributed by atoms with Crippen molar-refractivity contribution in [2.45, 2.75) is 64.5 Å². The van der Waals surface area contributed by atoms with Crippen LogP contribution < -0.4 is 0 Å². The van der Waals surface area contributed by atoms with Gasteiger partial charge in [-0.25, -0.2) is 0 Å². The molecule has 0 N–H and O–H groups in total. The lowest BCUT2D eigenvalue weighted by molar-refractivity contribution is -0.00823. The van der Waals surface area contributed by atoms with E-state index in [4.69, 9.17) is 4.74 Å². The van der Waals surface area contributed by atoms with Crippen LogP contribution in [0.3, 0.4) is 0 Å².